The molecule has 0 bridgehead atoms. The minimum absolute atomic E-state index is 0.570. The molecule has 0 aliphatic carbocycles. The molecule has 0 N–H and O–H groups in total. The molecule has 0 fully saturated rings. The van der Waals surface area contributed by atoms with Crippen LogP contribution in [0, 0.1) is 68.3 Å². The topological polar surface area (TPSA) is 109 Å². The van der Waals surface area contributed by atoms with E-state index >= 15 is 0 Å². The highest BCUT2D eigenvalue weighted by Gasteiger charge is 2.27. The van der Waals surface area contributed by atoms with Crippen LogP contribution in [0.25, 0.3) is 137 Å². The lowest BCUT2D eigenvalue weighted by molar-refractivity contribution is 0.663. The van der Waals surface area contributed by atoms with Crippen LogP contribution < -0.4 is 0 Å². The molecule has 5 aromatic heterocycles. The van der Waals surface area contributed by atoms with Crippen molar-refractivity contribution in [2.45, 2.75) is 27.7 Å². The van der Waals surface area contributed by atoms with Gasteiger partial charge in [-0.25, -0.2) is 4.85 Å². The van der Waals surface area contributed by atoms with Gasteiger partial charge in [0.05, 0.1) is 97.0 Å². The highest BCUT2D eigenvalue weighted by atomic mass is 16.3. The van der Waals surface area contributed by atoms with Gasteiger partial charge in [-0.3, -0.25) is 0 Å². The van der Waals surface area contributed by atoms with E-state index in [0.717, 1.165) is 143 Å². The number of furan rings is 1. The van der Waals surface area contributed by atoms with Crippen molar-refractivity contribution in [2.24, 2.45) is 0 Å². The van der Waals surface area contributed by atoms with Crippen LogP contribution in [0.15, 0.2) is 174 Å². The second kappa shape index (κ2) is 15.8. The zero-order chi connectivity index (χ0) is 52.1. The first-order valence-electron chi connectivity index (χ1n) is 25.4. The maximum atomic E-state index is 10.2. The van der Waals surface area contributed by atoms with Gasteiger partial charge in [-0.2, -0.15) is 15.8 Å². The Morgan fingerprint density at radius 1 is 0.338 bits per heavy atom. The van der Waals surface area contributed by atoms with E-state index in [1.165, 1.54) is 0 Å². The molecule has 0 radical (unpaired) electrons. The SMILES string of the molecule is [C-]#[N+]c1ccc2c(c1)c1cc(C)ccc1n2-c1cc(-n2c3ccc(C)cc3c3cc(C#N)ccc32)c2oc3c(-n4c5ccc(C)cc5c5cc(C#N)ccc54)cc(-n4c5ccc(C)cc5c5cc(C#N)ccc54)cc3c2c1. The zero-order valence-corrected chi connectivity index (χ0v) is 42.2. The van der Waals surface area contributed by atoms with Gasteiger partial charge in [0.1, 0.15) is 0 Å². The van der Waals surface area contributed by atoms with Gasteiger partial charge in [0.15, 0.2) is 16.9 Å². The Morgan fingerprint density at radius 3 is 0.974 bits per heavy atom. The van der Waals surface area contributed by atoms with Crippen LogP contribution >= 0.6 is 0 Å². The van der Waals surface area contributed by atoms with Crippen LogP contribution in [0.1, 0.15) is 38.9 Å². The normalized spacial score (nSPS) is 11.8. The van der Waals surface area contributed by atoms with Crippen molar-refractivity contribution >= 4 is 115 Å². The third-order valence-corrected chi connectivity index (χ3v) is 15.8. The van der Waals surface area contributed by atoms with Crippen molar-refractivity contribution in [3.05, 3.63) is 220 Å². The molecule has 0 unspecified atom stereocenters. The molecular formula is C68H40N8O. The van der Waals surface area contributed by atoms with Gasteiger partial charge in [0, 0.05) is 59.9 Å². The van der Waals surface area contributed by atoms with Crippen LogP contribution in [0.3, 0.4) is 0 Å². The second-order valence-electron chi connectivity index (χ2n) is 20.6. The largest absolute Gasteiger partial charge is 0.452 e. The summed E-state index contributed by atoms with van der Waals surface area (Å²) in [5, 5.41) is 40.4. The number of benzene rings is 10. The van der Waals surface area contributed by atoms with E-state index in [0.29, 0.717) is 33.5 Å². The van der Waals surface area contributed by atoms with Crippen molar-refractivity contribution in [1.82, 2.24) is 18.3 Å². The van der Waals surface area contributed by atoms with Crippen LogP contribution in [-0.4, -0.2) is 18.3 Å². The van der Waals surface area contributed by atoms with Gasteiger partial charge in [-0.1, -0.05) is 52.6 Å². The summed E-state index contributed by atoms with van der Waals surface area (Å²) in [6, 6.07) is 65.7. The molecule has 10 aromatic carbocycles. The van der Waals surface area contributed by atoms with Crippen LogP contribution in [0.5, 0.6) is 0 Å². The fourth-order valence-corrected chi connectivity index (χ4v) is 12.4. The van der Waals surface area contributed by atoms with E-state index in [9.17, 15) is 15.8 Å². The molecule has 0 spiro atoms. The highest BCUT2D eigenvalue weighted by molar-refractivity contribution is 6.19. The Labute approximate surface area is 440 Å². The van der Waals surface area contributed by atoms with E-state index in [2.05, 4.69) is 178 Å². The lowest BCUT2D eigenvalue weighted by Gasteiger charge is -2.14. The fourth-order valence-electron chi connectivity index (χ4n) is 12.4. The van der Waals surface area contributed by atoms with Gasteiger partial charge in [0.2, 0.25) is 0 Å². The molecule has 0 saturated carbocycles. The van der Waals surface area contributed by atoms with Crippen molar-refractivity contribution in [3.63, 3.8) is 0 Å². The van der Waals surface area contributed by atoms with E-state index < -0.39 is 0 Å². The monoisotopic (exact) mass is 984 g/mol. The van der Waals surface area contributed by atoms with E-state index in [4.69, 9.17) is 11.0 Å². The van der Waals surface area contributed by atoms with Crippen molar-refractivity contribution in [3.8, 4) is 41.0 Å². The summed E-state index contributed by atoms with van der Waals surface area (Å²) in [6.45, 7) is 16.4. The van der Waals surface area contributed by atoms with Gasteiger partial charge in [0.25, 0.3) is 0 Å². The summed E-state index contributed by atoms with van der Waals surface area (Å²) < 4.78 is 16.8. The van der Waals surface area contributed by atoms with Crippen LogP contribution in [0.4, 0.5) is 5.69 Å². The molecule has 77 heavy (non-hydrogen) atoms. The number of fused-ring (bicyclic) bond motifs is 15. The third-order valence-electron chi connectivity index (χ3n) is 15.8. The summed E-state index contributed by atoms with van der Waals surface area (Å²) in [6.07, 6.45) is 0. The van der Waals surface area contributed by atoms with Crippen molar-refractivity contribution in [1.29, 1.82) is 15.8 Å². The first kappa shape index (κ1) is 43.7. The predicted molar refractivity (Wildman–Crippen MR) is 310 cm³/mol. The van der Waals surface area contributed by atoms with Gasteiger partial charge >= 0.3 is 0 Å². The second-order valence-corrected chi connectivity index (χ2v) is 20.6. The minimum atomic E-state index is 0.570. The summed E-state index contributed by atoms with van der Waals surface area (Å²) >= 11 is 0. The molecule has 5 heterocycles. The molecule has 9 nitrogen and oxygen atoms in total. The van der Waals surface area contributed by atoms with E-state index in [1.54, 1.807) is 0 Å². The summed E-state index contributed by atoms with van der Waals surface area (Å²) in [7, 11) is 0. The molecule has 0 saturated heterocycles. The minimum Gasteiger partial charge on any atom is -0.452 e. The molecule has 0 aliphatic rings. The molecule has 0 atom stereocenters. The summed E-state index contributed by atoms with van der Waals surface area (Å²) in [5.41, 5.74) is 19.1. The van der Waals surface area contributed by atoms with Gasteiger partial charge in [-0.15, -0.1) is 0 Å². The third kappa shape index (κ3) is 6.18. The van der Waals surface area contributed by atoms with Crippen LogP contribution in [-0.2, 0) is 0 Å². The molecule has 0 aliphatic heterocycles. The molecule has 0 amide bonds. The van der Waals surface area contributed by atoms with Gasteiger partial charge in [-0.05, 0) is 173 Å². The lowest BCUT2D eigenvalue weighted by Crippen LogP contribution is -2.00. The van der Waals surface area contributed by atoms with Gasteiger partial charge < -0.3 is 22.7 Å². The summed E-state index contributed by atoms with van der Waals surface area (Å²) in [4.78, 5) is 3.86. The number of nitrogens with zero attached hydrogens (tertiary/aromatic N) is 8. The number of nitriles is 3. The zero-order valence-electron chi connectivity index (χ0n) is 42.2. The maximum absolute atomic E-state index is 10.2. The number of hydrogen-bond acceptors (Lipinski definition) is 4. The molecule has 9 heteroatoms. The number of aryl methyl sites for hydroxylation is 4. The van der Waals surface area contributed by atoms with Crippen LogP contribution in [0.2, 0.25) is 0 Å². The first-order chi connectivity index (χ1) is 37.6. The Kier molecular flexibility index (Phi) is 8.99. The smallest absolute Gasteiger partial charge is 0.188 e. The predicted octanol–water partition coefficient (Wildman–Crippen LogP) is 17.4. The Hall–Kier alpha value is -10.8. The van der Waals surface area contributed by atoms with Crippen molar-refractivity contribution < 1.29 is 4.42 Å². The molecule has 15 aromatic rings. The molecule has 15 rings (SSSR count). The lowest BCUT2D eigenvalue weighted by atomic mass is 10.1. The maximum Gasteiger partial charge on any atom is 0.188 e. The number of aromatic nitrogens is 4. The Morgan fingerprint density at radius 2 is 0.636 bits per heavy atom. The van der Waals surface area contributed by atoms with E-state index in [1.807, 2.05) is 60.7 Å². The highest BCUT2D eigenvalue weighted by Crippen LogP contribution is 2.47. The number of rotatable bonds is 4. The number of hydrogen-bond donors (Lipinski definition) is 0. The fraction of sp³-hybridized carbons (Fsp3) is 0.0588. The van der Waals surface area contributed by atoms with Crippen molar-refractivity contribution in [2.75, 3.05) is 0 Å². The first-order valence-corrected chi connectivity index (χ1v) is 25.4. The Bertz CT molecular complexity index is 5060. The average molecular weight is 985 g/mol. The Balaban J connectivity index is 1.16. The van der Waals surface area contributed by atoms with E-state index in [-0.39, 0.29) is 0 Å². The molecule has 358 valence electrons. The molecular weight excluding hydrogens is 945 g/mol. The average Bonchev–Trinajstić information content (AvgIpc) is 4.45. The standard InChI is InChI=1S/C68H40N8O/c1-37-6-14-57-47(22-37)51-26-41(34-69)10-18-59(51)73(57)45-30-55-56-31-46(74-58-15-7-38(2)25-50(58)54-29-44(72-5)13-21-60(54)74)33-66(76-62-17-9-40(4)24-49(62)53-28-43(36-71)12-20-64(53)76)68(56)77-67(55)65(32-45)75-61-16-8-39(3)23-48(61)52-27-42(35-70)11-19-63(52)75/h6-33H,1-4H3. The summed E-state index contributed by atoms with van der Waals surface area (Å²) in [5.74, 6) is 0. The quantitative estimate of drug-likeness (QED) is 0.164.